The molecule has 2 rings (SSSR count). The van der Waals surface area contributed by atoms with E-state index in [1.165, 1.54) is 5.56 Å². The number of nitrogens with zero attached hydrogens (tertiary/aromatic N) is 2. The van der Waals surface area contributed by atoms with Crippen molar-refractivity contribution in [1.82, 2.24) is 9.78 Å². The Labute approximate surface area is 73.3 Å². The van der Waals surface area contributed by atoms with Gasteiger partial charge in [0.25, 0.3) is 0 Å². The largest absolute Gasteiger partial charge is 0.356 e. The van der Waals surface area contributed by atoms with Crippen LogP contribution in [-0.2, 0) is 4.74 Å². The summed E-state index contributed by atoms with van der Waals surface area (Å²) in [6.07, 6.45) is 5.17. The zero-order valence-electron chi connectivity index (χ0n) is 7.95. The molecule has 0 radical (unpaired) electrons. The van der Waals surface area contributed by atoms with Crippen LogP contribution in [0.1, 0.15) is 32.1 Å². The first kappa shape index (κ1) is 9.26. The first-order valence-electron chi connectivity index (χ1n) is 4.48. The Hall–Kier alpha value is -0.830. The lowest BCUT2D eigenvalue weighted by Gasteiger charge is -2.26. The molecule has 0 aliphatic carbocycles. The lowest BCUT2D eigenvalue weighted by Crippen LogP contribution is -2.24. The van der Waals surface area contributed by atoms with Gasteiger partial charge in [-0.3, -0.25) is 0 Å². The number of aromatic nitrogens is 2. The minimum absolute atomic E-state index is 0.216. The number of rotatable bonds is 1. The second kappa shape index (κ2) is 4.26. The molecule has 1 aromatic heterocycles. The smallest absolute Gasteiger partial charge is 0.152 e. The summed E-state index contributed by atoms with van der Waals surface area (Å²) in [6.45, 7) is 6.91. The molecule has 0 bridgehead atoms. The summed E-state index contributed by atoms with van der Waals surface area (Å²) in [5.74, 6) is 0. The Balaban J connectivity index is 0.000000336. The highest BCUT2D eigenvalue weighted by molar-refractivity contribution is 5.00. The van der Waals surface area contributed by atoms with Crippen LogP contribution in [0, 0.1) is 6.92 Å². The predicted octanol–water partition coefficient (Wildman–Crippen LogP) is 2.14. The Morgan fingerprint density at radius 2 is 2.25 bits per heavy atom. The first-order chi connectivity index (χ1) is 5.86. The van der Waals surface area contributed by atoms with E-state index in [2.05, 4.69) is 5.10 Å². The topological polar surface area (TPSA) is 27.1 Å². The second-order valence-corrected chi connectivity index (χ2v) is 2.61. The summed E-state index contributed by atoms with van der Waals surface area (Å²) in [5, 5.41) is 4.13. The summed E-state index contributed by atoms with van der Waals surface area (Å²) in [4.78, 5) is 0. The lowest BCUT2D eigenvalue weighted by atomic mass is 10.3. The summed E-state index contributed by atoms with van der Waals surface area (Å²) >= 11 is 0. The van der Waals surface area contributed by atoms with E-state index in [4.69, 9.17) is 4.74 Å². The van der Waals surface area contributed by atoms with Gasteiger partial charge in [-0.2, -0.15) is 5.10 Å². The van der Waals surface area contributed by atoms with Crippen molar-refractivity contribution in [2.24, 2.45) is 0 Å². The first-order valence-corrected chi connectivity index (χ1v) is 4.48. The third-order valence-corrected chi connectivity index (χ3v) is 1.70. The zero-order chi connectivity index (χ0) is 8.97. The highest BCUT2D eigenvalue weighted by atomic mass is 16.5. The van der Waals surface area contributed by atoms with Gasteiger partial charge in [0.05, 0.1) is 12.8 Å². The van der Waals surface area contributed by atoms with Gasteiger partial charge in [-0.05, 0) is 12.5 Å². The van der Waals surface area contributed by atoms with Gasteiger partial charge >= 0.3 is 0 Å². The van der Waals surface area contributed by atoms with Crippen molar-refractivity contribution in [2.75, 3.05) is 6.61 Å². The second-order valence-electron chi connectivity index (χ2n) is 2.61. The molecule has 12 heavy (non-hydrogen) atoms. The van der Waals surface area contributed by atoms with Gasteiger partial charge in [0.15, 0.2) is 6.23 Å². The van der Waals surface area contributed by atoms with Crippen LogP contribution in [0.15, 0.2) is 12.4 Å². The molecule has 3 nitrogen and oxygen atoms in total. The fraction of sp³-hybridized carbons (Fsp3) is 0.667. The van der Waals surface area contributed by atoms with Gasteiger partial charge in [0.1, 0.15) is 0 Å². The Morgan fingerprint density at radius 3 is 2.58 bits per heavy atom. The molecule has 0 amide bonds. The number of aryl methyl sites for hydroxylation is 1. The fourth-order valence-electron chi connectivity index (χ4n) is 1.02. The maximum absolute atomic E-state index is 5.23. The van der Waals surface area contributed by atoms with Gasteiger partial charge in [-0.25, -0.2) is 4.68 Å². The average molecular weight is 168 g/mol. The summed E-state index contributed by atoms with van der Waals surface area (Å²) in [7, 11) is 0. The third-order valence-electron chi connectivity index (χ3n) is 1.70. The van der Waals surface area contributed by atoms with E-state index >= 15 is 0 Å². The van der Waals surface area contributed by atoms with Crippen molar-refractivity contribution < 1.29 is 4.74 Å². The van der Waals surface area contributed by atoms with Crippen molar-refractivity contribution in [3.63, 3.8) is 0 Å². The van der Waals surface area contributed by atoms with Gasteiger partial charge in [0, 0.05) is 12.6 Å². The number of hydrogen-bond donors (Lipinski definition) is 0. The minimum atomic E-state index is 0.216. The molecular formula is C9H16N2O. The average Bonchev–Trinajstić information content (AvgIpc) is 2.37. The quantitative estimate of drug-likeness (QED) is 0.642. The molecule has 1 aliphatic heterocycles. The zero-order valence-corrected chi connectivity index (χ0v) is 7.95. The highest BCUT2D eigenvalue weighted by Gasteiger charge is 2.19. The van der Waals surface area contributed by atoms with E-state index < -0.39 is 0 Å². The summed E-state index contributed by atoms with van der Waals surface area (Å²) in [6, 6.07) is 0. The molecule has 3 heteroatoms. The van der Waals surface area contributed by atoms with Crippen LogP contribution < -0.4 is 0 Å². The van der Waals surface area contributed by atoms with E-state index in [1.54, 1.807) is 0 Å². The predicted molar refractivity (Wildman–Crippen MR) is 47.9 cm³/mol. The molecule has 1 aliphatic rings. The van der Waals surface area contributed by atoms with E-state index in [-0.39, 0.29) is 6.23 Å². The molecule has 68 valence electrons. The molecule has 1 unspecified atom stereocenters. The molecule has 0 N–H and O–H groups in total. The fourth-order valence-corrected chi connectivity index (χ4v) is 1.02. The molecule has 1 saturated heterocycles. The maximum Gasteiger partial charge on any atom is 0.152 e. The number of ether oxygens (including phenoxy) is 1. The van der Waals surface area contributed by atoms with Crippen molar-refractivity contribution in [2.45, 2.75) is 33.4 Å². The Morgan fingerprint density at radius 1 is 1.58 bits per heavy atom. The van der Waals surface area contributed by atoms with Crippen LogP contribution in [0.2, 0.25) is 0 Å². The molecule has 1 atom stereocenters. The molecule has 1 fully saturated rings. The summed E-state index contributed by atoms with van der Waals surface area (Å²) < 4.78 is 7.10. The van der Waals surface area contributed by atoms with Crippen molar-refractivity contribution in [1.29, 1.82) is 0 Å². The van der Waals surface area contributed by atoms with Crippen LogP contribution in [0.4, 0.5) is 0 Å². The van der Waals surface area contributed by atoms with Crippen molar-refractivity contribution in [3.05, 3.63) is 18.0 Å². The van der Waals surface area contributed by atoms with Crippen molar-refractivity contribution in [3.8, 4) is 0 Å². The minimum Gasteiger partial charge on any atom is -0.356 e. The molecule has 0 saturated carbocycles. The summed E-state index contributed by atoms with van der Waals surface area (Å²) in [5.41, 5.74) is 1.19. The third kappa shape index (κ3) is 1.85. The molecule has 2 heterocycles. The van der Waals surface area contributed by atoms with Gasteiger partial charge < -0.3 is 4.74 Å². The Bertz CT molecular complexity index is 228. The molecule has 1 aromatic rings. The van der Waals surface area contributed by atoms with Crippen LogP contribution in [0.25, 0.3) is 0 Å². The van der Waals surface area contributed by atoms with Crippen molar-refractivity contribution >= 4 is 0 Å². The van der Waals surface area contributed by atoms with Gasteiger partial charge in [0.2, 0.25) is 0 Å². The van der Waals surface area contributed by atoms with Crippen LogP contribution in [-0.4, -0.2) is 16.4 Å². The van der Waals surface area contributed by atoms with E-state index in [0.29, 0.717) is 0 Å². The lowest BCUT2D eigenvalue weighted by molar-refractivity contribution is -0.106. The van der Waals surface area contributed by atoms with E-state index in [1.807, 2.05) is 37.8 Å². The Kier molecular flexibility index (Phi) is 3.29. The number of hydrogen-bond acceptors (Lipinski definition) is 2. The highest BCUT2D eigenvalue weighted by Crippen LogP contribution is 2.21. The van der Waals surface area contributed by atoms with Gasteiger partial charge in [-0.1, -0.05) is 13.8 Å². The van der Waals surface area contributed by atoms with E-state index in [9.17, 15) is 0 Å². The molecular weight excluding hydrogens is 152 g/mol. The maximum atomic E-state index is 5.23. The molecule has 0 aromatic carbocycles. The van der Waals surface area contributed by atoms with Crippen LogP contribution >= 0.6 is 0 Å². The SMILES string of the molecule is CC.Cc1cnn(C2CCO2)c1. The van der Waals surface area contributed by atoms with Crippen LogP contribution in [0.5, 0.6) is 0 Å². The van der Waals surface area contributed by atoms with Crippen LogP contribution in [0.3, 0.4) is 0 Å². The van der Waals surface area contributed by atoms with E-state index in [0.717, 1.165) is 13.0 Å². The monoisotopic (exact) mass is 168 g/mol. The normalized spacial score (nSPS) is 20.8. The molecule has 0 spiro atoms. The van der Waals surface area contributed by atoms with Gasteiger partial charge in [-0.15, -0.1) is 0 Å². The standard InChI is InChI=1S/C7H10N2O.C2H6/c1-6-4-8-9(5-6)7-2-3-10-7;1-2/h4-5,7H,2-3H2,1H3;1-2H3.